The molecule has 2 atom stereocenters. The molecule has 2 nitrogen and oxygen atoms in total. The topological polar surface area (TPSA) is 15.3 Å². The number of likely N-dealkylation sites (tertiary alicyclic amines) is 1. The van der Waals surface area contributed by atoms with Crippen LogP contribution in [0.5, 0.6) is 0 Å². The highest BCUT2D eigenvalue weighted by Crippen LogP contribution is 2.42. The summed E-state index contributed by atoms with van der Waals surface area (Å²) in [6, 6.07) is 7.83. The van der Waals surface area contributed by atoms with Crippen molar-refractivity contribution < 1.29 is 0 Å². The molecule has 3 rings (SSSR count). The molecule has 1 aromatic rings. The van der Waals surface area contributed by atoms with E-state index in [1.54, 1.807) is 0 Å². The molecule has 0 radical (unpaired) electrons. The molecule has 0 bridgehead atoms. The highest BCUT2D eigenvalue weighted by Gasteiger charge is 2.39. The van der Waals surface area contributed by atoms with Crippen molar-refractivity contribution in [2.24, 2.45) is 5.92 Å². The molecular weight excluding hydrogens is 348 g/mol. The van der Waals surface area contributed by atoms with Crippen LogP contribution in [0.4, 0.5) is 0 Å². The van der Waals surface area contributed by atoms with Gasteiger partial charge >= 0.3 is 0 Å². The fourth-order valence-corrected chi connectivity index (χ4v) is 4.16. The van der Waals surface area contributed by atoms with Crippen LogP contribution in [0.1, 0.15) is 43.7 Å². The number of halogens is 2. The van der Waals surface area contributed by atoms with Crippen molar-refractivity contribution >= 4 is 27.5 Å². The van der Waals surface area contributed by atoms with Gasteiger partial charge in [0.1, 0.15) is 0 Å². The number of rotatable bonds is 4. The largest absolute Gasteiger partial charge is 0.319 e. The Morgan fingerprint density at radius 2 is 2.10 bits per heavy atom. The van der Waals surface area contributed by atoms with Gasteiger partial charge in [0.05, 0.1) is 5.02 Å². The first-order valence-electron chi connectivity index (χ1n) is 8.06. The smallest absolute Gasteiger partial charge is 0.0551 e. The van der Waals surface area contributed by atoms with Crippen molar-refractivity contribution in [3.05, 3.63) is 33.3 Å². The average molecular weight is 372 g/mol. The molecule has 116 valence electrons. The summed E-state index contributed by atoms with van der Waals surface area (Å²) in [5.41, 5.74) is 1.39. The normalized spacial score (nSPS) is 27.6. The average Bonchev–Trinajstić information content (AvgIpc) is 3.28. The maximum Gasteiger partial charge on any atom is 0.0551 e. The lowest BCUT2D eigenvalue weighted by Gasteiger charge is -2.36. The number of hydrogen-bond donors (Lipinski definition) is 1. The minimum atomic E-state index is 0.512. The number of nitrogens with zero attached hydrogens (tertiary/aromatic N) is 1. The highest BCUT2D eigenvalue weighted by molar-refractivity contribution is 9.10. The van der Waals surface area contributed by atoms with E-state index in [4.69, 9.17) is 11.6 Å². The van der Waals surface area contributed by atoms with E-state index >= 15 is 0 Å². The van der Waals surface area contributed by atoms with E-state index in [2.05, 4.69) is 51.4 Å². The zero-order chi connectivity index (χ0) is 14.8. The van der Waals surface area contributed by atoms with Crippen LogP contribution in [0.15, 0.2) is 22.7 Å². The van der Waals surface area contributed by atoms with Crippen molar-refractivity contribution in [2.75, 3.05) is 20.1 Å². The molecular formula is C17H24BrClN2. The Hall–Kier alpha value is -0.0900. The minimum Gasteiger partial charge on any atom is -0.319 e. The lowest BCUT2D eigenvalue weighted by Crippen LogP contribution is -2.37. The van der Waals surface area contributed by atoms with Gasteiger partial charge in [-0.25, -0.2) is 0 Å². The van der Waals surface area contributed by atoms with Crippen molar-refractivity contribution in [2.45, 2.75) is 44.2 Å². The van der Waals surface area contributed by atoms with Gasteiger partial charge in [-0.3, -0.25) is 4.90 Å². The second-order valence-electron chi connectivity index (χ2n) is 6.40. The quantitative estimate of drug-likeness (QED) is 0.830. The Morgan fingerprint density at radius 1 is 1.29 bits per heavy atom. The van der Waals surface area contributed by atoms with Gasteiger partial charge in [-0.15, -0.1) is 0 Å². The Kier molecular flexibility index (Phi) is 5.26. The molecule has 4 heteroatoms. The molecule has 1 N–H and O–H groups in total. The summed E-state index contributed by atoms with van der Waals surface area (Å²) in [4.78, 5) is 2.76. The van der Waals surface area contributed by atoms with E-state index in [0.717, 1.165) is 22.1 Å². The Labute approximate surface area is 141 Å². The van der Waals surface area contributed by atoms with Crippen molar-refractivity contribution in [3.8, 4) is 0 Å². The van der Waals surface area contributed by atoms with Crippen molar-refractivity contribution in [1.82, 2.24) is 10.2 Å². The summed E-state index contributed by atoms with van der Waals surface area (Å²) in [5.74, 6) is 0.676. The van der Waals surface area contributed by atoms with E-state index in [9.17, 15) is 0 Å². The van der Waals surface area contributed by atoms with Gasteiger partial charge in [0.2, 0.25) is 0 Å². The minimum absolute atomic E-state index is 0.512. The third-order valence-electron chi connectivity index (χ3n) is 4.81. The Morgan fingerprint density at radius 3 is 2.76 bits per heavy atom. The summed E-state index contributed by atoms with van der Waals surface area (Å²) in [5, 5.41) is 4.23. The van der Waals surface area contributed by atoms with Crippen LogP contribution < -0.4 is 5.32 Å². The fourth-order valence-electron chi connectivity index (χ4n) is 3.72. The number of benzene rings is 1. The van der Waals surface area contributed by atoms with Crippen LogP contribution in [-0.4, -0.2) is 31.1 Å². The molecule has 0 aromatic heterocycles. The maximum absolute atomic E-state index is 6.36. The second-order valence-corrected chi connectivity index (χ2v) is 7.66. The third kappa shape index (κ3) is 3.64. The maximum atomic E-state index is 6.36. The standard InChI is InChI=1S/C17H24BrClN2/c1-20-11-13-4-2-3-9-21(14-6-7-14)17(13)12-5-8-15(18)16(19)10-12/h5,8,10,13-14,17,20H,2-4,6-7,9,11H2,1H3. The van der Waals surface area contributed by atoms with Crippen LogP contribution in [0.3, 0.4) is 0 Å². The molecule has 0 amide bonds. The second kappa shape index (κ2) is 6.99. The summed E-state index contributed by atoms with van der Waals surface area (Å²) in [6.07, 6.45) is 6.72. The molecule has 1 aliphatic heterocycles. The number of nitrogens with one attached hydrogen (secondary N) is 1. The van der Waals surface area contributed by atoms with Crippen LogP contribution in [0, 0.1) is 5.92 Å². The lowest BCUT2D eigenvalue weighted by atomic mass is 9.89. The van der Waals surface area contributed by atoms with Gasteiger partial charge in [-0.1, -0.05) is 24.1 Å². The summed E-state index contributed by atoms with van der Waals surface area (Å²) < 4.78 is 0.990. The molecule has 2 aliphatic rings. The van der Waals surface area contributed by atoms with Crippen LogP contribution in [-0.2, 0) is 0 Å². The SMILES string of the molecule is CNCC1CCCCN(C2CC2)C1c1ccc(Br)c(Cl)c1. The summed E-state index contributed by atoms with van der Waals surface area (Å²) in [6.45, 7) is 2.32. The zero-order valence-corrected chi connectivity index (χ0v) is 15.0. The van der Waals surface area contributed by atoms with Gasteiger partial charge in [-0.2, -0.15) is 0 Å². The highest BCUT2D eigenvalue weighted by atomic mass is 79.9. The fraction of sp³-hybridized carbons (Fsp3) is 0.647. The number of hydrogen-bond acceptors (Lipinski definition) is 2. The van der Waals surface area contributed by atoms with Gasteiger partial charge in [0, 0.05) is 16.6 Å². The molecule has 1 saturated heterocycles. The van der Waals surface area contributed by atoms with Crippen LogP contribution >= 0.6 is 27.5 Å². The monoisotopic (exact) mass is 370 g/mol. The molecule has 1 heterocycles. The van der Waals surface area contributed by atoms with Crippen molar-refractivity contribution in [3.63, 3.8) is 0 Å². The molecule has 2 unspecified atom stereocenters. The molecule has 1 aliphatic carbocycles. The zero-order valence-electron chi connectivity index (χ0n) is 12.6. The predicted molar refractivity (Wildman–Crippen MR) is 92.9 cm³/mol. The van der Waals surface area contributed by atoms with E-state index in [1.807, 2.05) is 0 Å². The van der Waals surface area contributed by atoms with Crippen LogP contribution in [0.2, 0.25) is 5.02 Å². The predicted octanol–water partition coefficient (Wildman–Crippen LogP) is 4.63. The summed E-state index contributed by atoms with van der Waals surface area (Å²) in [7, 11) is 2.07. The lowest BCUT2D eigenvalue weighted by molar-refractivity contribution is 0.145. The van der Waals surface area contributed by atoms with Gasteiger partial charge < -0.3 is 5.32 Å². The molecule has 21 heavy (non-hydrogen) atoms. The first-order valence-corrected chi connectivity index (χ1v) is 9.23. The molecule has 1 aromatic carbocycles. The van der Waals surface area contributed by atoms with Gasteiger partial charge in [-0.05, 0) is 85.4 Å². The Balaban J connectivity index is 1.94. The first kappa shape index (κ1) is 15.8. The van der Waals surface area contributed by atoms with E-state index in [1.165, 1.54) is 44.2 Å². The van der Waals surface area contributed by atoms with E-state index in [0.29, 0.717) is 12.0 Å². The molecule has 0 spiro atoms. The summed E-state index contributed by atoms with van der Waals surface area (Å²) >= 11 is 9.87. The van der Waals surface area contributed by atoms with Crippen LogP contribution in [0.25, 0.3) is 0 Å². The molecule has 2 fully saturated rings. The third-order valence-corrected chi connectivity index (χ3v) is 6.04. The first-order chi connectivity index (χ1) is 10.2. The van der Waals surface area contributed by atoms with Gasteiger partial charge in [0.25, 0.3) is 0 Å². The Bertz CT molecular complexity index is 490. The van der Waals surface area contributed by atoms with E-state index in [-0.39, 0.29) is 0 Å². The van der Waals surface area contributed by atoms with E-state index < -0.39 is 0 Å². The van der Waals surface area contributed by atoms with Gasteiger partial charge in [0.15, 0.2) is 0 Å². The molecule has 1 saturated carbocycles. The van der Waals surface area contributed by atoms with Crippen molar-refractivity contribution in [1.29, 1.82) is 0 Å².